The van der Waals surface area contributed by atoms with Gasteiger partial charge in [-0.05, 0) is 17.9 Å². The lowest BCUT2D eigenvalue weighted by atomic mass is 9.96. The third kappa shape index (κ3) is 3.64. The fourth-order valence-corrected chi connectivity index (χ4v) is 1.42. The Morgan fingerprint density at radius 3 is 2.86 bits per heavy atom. The normalized spacial score (nSPS) is 23.8. The molecular weight excluding hydrogens is 176 g/mol. The van der Waals surface area contributed by atoms with E-state index in [0.29, 0.717) is 12.5 Å². The average Bonchev–Trinajstić information content (AvgIpc) is 2.14. The molecule has 0 aromatic carbocycles. The highest BCUT2D eigenvalue weighted by Gasteiger charge is 2.12. The lowest BCUT2D eigenvalue weighted by molar-refractivity contribution is -0.119. The summed E-state index contributed by atoms with van der Waals surface area (Å²) in [7, 11) is 0. The van der Waals surface area contributed by atoms with Crippen molar-refractivity contribution in [1.82, 2.24) is 0 Å². The quantitative estimate of drug-likeness (QED) is 0.700. The molecule has 0 aromatic rings. The summed E-state index contributed by atoms with van der Waals surface area (Å²) >= 11 is 0. The molecule has 0 radical (unpaired) electrons. The maximum absolute atomic E-state index is 9.46. The highest BCUT2D eigenvalue weighted by molar-refractivity contribution is 5.19. The summed E-state index contributed by atoms with van der Waals surface area (Å²) in [4.78, 5) is 0. The first-order valence-electron chi connectivity index (χ1n) is 5.25. The highest BCUT2D eigenvalue weighted by Crippen LogP contribution is 2.18. The molecule has 0 aromatic heterocycles. The zero-order chi connectivity index (χ0) is 10.6. The Labute approximate surface area is 86.3 Å². The van der Waals surface area contributed by atoms with Crippen LogP contribution in [0.5, 0.6) is 0 Å². The highest BCUT2D eigenvalue weighted by atomic mass is 16.6. The summed E-state index contributed by atoms with van der Waals surface area (Å²) in [6.45, 7) is 6.63. The van der Waals surface area contributed by atoms with Crippen LogP contribution in [0, 0.1) is 11.8 Å². The third-order valence-electron chi connectivity index (χ3n) is 2.37. The molecule has 0 bridgehead atoms. The van der Waals surface area contributed by atoms with Crippen molar-refractivity contribution in [1.29, 1.82) is 0 Å². The first kappa shape index (κ1) is 11.5. The number of aliphatic hydroxyl groups excluding tert-OH is 1. The topological polar surface area (TPSA) is 29.5 Å². The molecule has 1 N–H and O–H groups in total. The van der Waals surface area contributed by atoms with E-state index in [1.807, 2.05) is 13.8 Å². The standard InChI is InChI=1S/C12H20O2/c1-9(2)12(13)14-8-11-6-4-5-10(3)7-11/h4-6,9-10,12-13H,7-8H2,1-3H3/t10-,12?/m0/s1. The number of ether oxygens (including phenoxy) is 1. The fraction of sp³-hybridized carbons (Fsp3) is 0.667. The maximum atomic E-state index is 9.46. The molecule has 1 aliphatic carbocycles. The summed E-state index contributed by atoms with van der Waals surface area (Å²) < 4.78 is 5.34. The van der Waals surface area contributed by atoms with E-state index < -0.39 is 6.29 Å². The van der Waals surface area contributed by atoms with E-state index in [9.17, 15) is 5.11 Å². The smallest absolute Gasteiger partial charge is 0.157 e. The number of hydrogen-bond donors (Lipinski definition) is 1. The van der Waals surface area contributed by atoms with Gasteiger partial charge >= 0.3 is 0 Å². The van der Waals surface area contributed by atoms with Gasteiger partial charge in [0.05, 0.1) is 6.61 Å². The van der Waals surface area contributed by atoms with Crippen LogP contribution in [0.15, 0.2) is 23.8 Å². The van der Waals surface area contributed by atoms with Gasteiger partial charge < -0.3 is 9.84 Å². The Kier molecular flexibility index (Phi) is 4.36. The summed E-state index contributed by atoms with van der Waals surface area (Å²) in [5.41, 5.74) is 1.26. The van der Waals surface area contributed by atoms with Crippen molar-refractivity contribution in [3.63, 3.8) is 0 Å². The molecule has 0 saturated heterocycles. The number of aliphatic hydroxyl groups is 1. The number of rotatable bonds is 4. The van der Waals surface area contributed by atoms with Gasteiger partial charge in [0.15, 0.2) is 6.29 Å². The first-order valence-corrected chi connectivity index (χ1v) is 5.25. The minimum absolute atomic E-state index is 0.159. The van der Waals surface area contributed by atoms with E-state index in [1.54, 1.807) is 0 Å². The summed E-state index contributed by atoms with van der Waals surface area (Å²) in [5.74, 6) is 0.752. The van der Waals surface area contributed by atoms with Crippen molar-refractivity contribution < 1.29 is 9.84 Å². The molecule has 2 heteroatoms. The molecular formula is C12H20O2. The van der Waals surface area contributed by atoms with Crippen molar-refractivity contribution in [3.8, 4) is 0 Å². The Hall–Kier alpha value is -0.600. The Morgan fingerprint density at radius 1 is 1.57 bits per heavy atom. The van der Waals surface area contributed by atoms with Gasteiger partial charge in [0.1, 0.15) is 0 Å². The minimum Gasteiger partial charge on any atom is -0.368 e. The van der Waals surface area contributed by atoms with Crippen LogP contribution in [0.4, 0.5) is 0 Å². The second kappa shape index (κ2) is 5.32. The van der Waals surface area contributed by atoms with Crippen LogP contribution in [-0.4, -0.2) is 18.0 Å². The second-order valence-corrected chi connectivity index (χ2v) is 4.34. The number of allylic oxidation sites excluding steroid dienone is 3. The summed E-state index contributed by atoms with van der Waals surface area (Å²) in [5, 5.41) is 9.46. The van der Waals surface area contributed by atoms with Crippen molar-refractivity contribution >= 4 is 0 Å². The van der Waals surface area contributed by atoms with Crippen LogP contribution in [0.3, 0.4) is 0 Å². The number of hydrogen-bond acceptors (Lipinski definition) is 2. The Balaban J connectivity index is 2.31. The van der Waals surface area contributed by atoms with E-state index >= 15 is 0 Å². The van der Waals surface area contributed by atoms with Gasteiger partial charge in [0, 0.05) is 5.92 Å². The molecule has 1 rings (SSSR count). The second-order valence-electron chi connectivity index (χ2n) is 4.34. The average molecular weight is 196 g/mol. The van der Waals surface area contributed by atoms with Crippen LogP contribution in [0.1, 0.15) is 27.2 Å². The summed E-state index contributed by atoms with van der Waals surface area (Å²) in [6.07, 6.45) is 6.72. The van der Waals surface area contributed by atoms with Crippen molar-refractivity contribution in [2.45, 2.75) is 33.5 Å². The molecule has 0 fully saturated rings. The zero-order valence-electron chi connectivity index (χ0n) is 9.23. The Bertz CT molecular complexity index is 228. The predicted octanol–water partition coefficient (Wildman–Crippen LogP) is 2.50. The van der Waals surface area contributed by atoms with Gasteiger partial charge in [-0.2, -0.15) is 0 Å². The lowest BCUT2D eigenvalue weighted by Gasteiger charge is -2.19. The van der Waals surface area contributed by atoms with E-state index in [4.69, 9.17) is 4.74 Å². The molecule has 0 saturated carbocycles. The van der Waals surface area contributed by atoms with Crippen LogP contribution in [0.2, 0.25) is 0 Å². The molecule has 1 aliphatic rings. The molecule has 1 unspecified atom stereocenters. The Morgan fingerprint density at radius 2 is 2.29 bits per heavy atom. The van der Waals surface area contributed by atoms with E-state index in [0.717, 1.165) is 6.42 Å². The maximum Gasteiger partial charge on any atom is 0.157 e. The first-order chi connectivity index (χ1) is 6.59. The van der Waals surface area contributed by atoms with Crippen LogP contribution < -0.4 is 0 Å². The van der Waals surface area contributed by atoms with Crippen molar-refractivity contribution in [2.75, 3.05) is 6.61 Å². The fourth-order valence-electron chi connectivity index (χ4n) is 1.42. The summed E-state index contributed by atoms with van der Waals surface area (Å²) in [6, 6.07) is 0. The van der Waals surface area contributed by atoms with E-state index in [1.165, 1.54) is 5.57 Å². The SMILES string of the molecule is CC(C)C(O)OCC1=CC=C[C@H](C)C1. The van der Waals surface area contributed by atoms with Gasteiger partial charge in [-0.15, -0.1) is 0 Å². The van der Waals surface area contributed by atoms with E-state index in [-0.39, 0.29) is 5.92 Å². The van der Waals surface area contributed by atoms with Gasteiger partial charge in [-0.1, -0.05) is 39.0 Å². The largest absolute Gasteiger partial charge is 0.368 e. The molecule has 0 spiro atoms. The zero-order valence-corrected chi connectivity index (χ0v) is 9.23. The van der Waals surface area contributed by atoms with Gasteiger partial charge in [0.25, 0.3) is 0 Å². The van der Waals surface area contributed by atoms with Crippen LogP contribution in [-0.2, 0) is 4.74 Å². The molecule has 80 valence electrons. The molecule has 14 heavy (non-hydrogen) atoms. The minimum atomic E-state index is -0.642. The third-order valence-corrected chi connectivity index (χ3v) is 2.37. The molecule has 2 atom stereocenters. The molecule has 2 nitrogen and oxygen atoms in total. The molecule has 0 amide bonds. The van der Waals surface area contributed by atoms with Crippen LogP contribution in [0.25, 0.3) is 0 Å². The van der Waals surface area contributed by atoms with Gasteiger partial charge in [-0.25, -0.2) is 0 Å². The van der Waals surface area contributed by atoms with E-state index in [2.05, 4.69) is 25.2 Å². The molecule has 0 aliphatic heterocycles. The monoisotopic (exact) mass is 196 g/mol. The molecule has 0 heterocycles. The predicted molar refractivity (Wildman–Crippen MR) is 57.8 cm³/mol. The van der Waals surface area contributed by atoms with Crippen molar-refractivity contribution in [3.05, 3.63) is 23.8 Å². The van der Waals surface area contributed by atoms with Crippen LogP contribution >= 0.6 is 0 Å². The van der Waals surface area contributed by atoms with Gasteiger partial charge in [-0.3, -0.25) is 0 Å². The van der Waals surface area contributed by atoms with Crippen molar-refractivity contribution in [2.24, 2.45) is 11.8 Å². The van der Waals surface area contributed by atoms with Gasteiger partial charge in [0.2, 0.25) is 0 Å². The lowest BCUT2D eigenvalue weighted by Crippen LogP contribution is -2.20.